The van der Waals surface area contributed by atoms with Gasteiger partial charge in [0.15, 0.2) is 5.82 Å². The van der Waals surface area contributed by atoms with E-state index in [4.69, 9.17) is 15.0 Å². The fourth-order valence-electron chi connectivity index (χ4n) is 4.56. The van der Waals surface area contributed by atoms with Crippen molar-refractivity contribution in [2.75, 3.05) is 0 Å². The third-order valence-electron chi connectivity index (χ3n) is 6.87. The first-order valence-electron chi connectivity index (χ1n) is 13.7. The molecule has 0 aliphatic heterocycles. The first kappa shape index (κ1) is 28.5. The van der Waals surface area contributed by atoms with E-state index < -0.39 is 0 Å². The number of unbranched alkanes of at least 4 members (excludes halogenated alkanes) is 2. The summed E-state index contributed by atoms with van der Waals surface area (Å²) < 4.78 is 0. The molecule has 0 aliphatic carbocycles. The van der Waals surface area contributed by atoms with Crippen LogP contribution in [0.25, 0.3) is 45.2 Å². The number of pyridine rings is 1. The third kappa shape index (κ3) is 7.35. The van der Waals surface area contributed by atoms with E-state index in [9.17, 15) is 0 Å². The molecule has 0 spiro atoms. The maximum absolute atomic E-state index is 4.99. The molecule has 2 heterocycles. The van der Waals surface area contributed by atoms with E-state index in [0.29, 0.717) is 5.82 Å². The smallest absolute Gasteiger partial charge is 0.161 e. The van der Waals surface area contributed by atoms with Gasteiger partial charge in [0.25, 0.3) is 0 Å². The summed E-state index contributed by atoms with van der Waals surface area (Å²) in [6.07, 6.45) is 8.90. The van der Waals surface area contributed by atoms with Gasteiger partial charge in [-0.1, -0.05) is 87.4 Å². The zero-order valence-corrected chi connectivity index (χ0v) is 25.1. The Morgan fingerprint density at radius 1 is 0.615 bits per heavy atom. The van der Waals surface area contributed by atoms with Crippen molar-refractivity contribution >= 4 is 0 Å². The summed E-state index contributed by atoms with van der Waals surface area (Å²) in [6.45, 7) is 4.46. The molecule has 5 aromatic rings. The van der Waals surface area contributed by atoms with Gasteiger partial charge in [0.1, 0.15) is 0 Å². The minimum atomic E-state index is 0. The van der Waals surface area contributed by atoms with Crippen LogP contribution < -0.4 is 0 Å². The van der Waals surface area contributed by atoms with Gasteiger partial charge in [-0.2, -0.15) is 0 Å². The molecule has 5 rings (SSSR count). The summed E-state index contributed by atoms with van der Waals surface area (Å²) in [5.41, 5.74) is 9.51. The molecule has 1 radical (unpaired) electrons. The van der Waals surface area contributed by atoms with Crippen LogP contribution >= 0.6 is 0 Å². The van der Waals surface area contributed by atoms with Crippen LogP contribution in [0.2, 0.25) is 0 Å². The second-order valence-electron chi connectivity index (χ2n) is 9.77. The summed E-state index contributed by atoms with van der Waals surface area (Å²) in [4.78, 5) is 14.7. The Balaban J connectivity index is 0.00000353. The monoisotopic (exact) mass is 689 g/mol. The number of benzene rings is 3. The van der Waals surface area contributed by atoms with Crippen molar-refractivity contribution in [2.45, 2.75) is 52.4 Å². The molecular weight excluding hydrogens is 655 g/mol. The Hall–Kier alpha value is -3.46. The van der Waals surface area contributed by atoms with Crippen molar-refractivity contribution < 1.29 is 20.1 Å². The summed E-state index contributed by atoms with van der Waals surface area (Å²) in [5, 5.41) is 0. The molecule has 4 heteroatoms. The van der Waals surface area contributed by atoms with Crippen LogP contribution in [-0.4, -0.2) is 15.0 Å². The predicted octanol–water partition coefficient (Wildman–Crippen LogP) is 9.02. The standard InChI is InChI=1S/C35H34N3.Ir/c1-3-5-10-26-14-18-29(19-15-26)33-24-34(30-20-16-27(17-21-30)11-6-4-2)38-35(37-33)31-22-23-32(36-25-31)28-12-8-7-9-13-28;/h7-9,12,14-25H,3-6,10-11H2,1-2H3;/q-1;. The van der Waals surface area contributed by atoms with Crippen LogP contribution in [-0.2, 0) is 32.9 Å². The van der Waals surface area contributed by atoms with Gasteiger partial charge in [-0.05, 0) is 48.6 Å². The molecule has 0 saturated carbocycles. The molecule has 0 atom stereocenters. The summed E-state index contributed by atoms with van der Waals surface area (Å²) >= 11 is 0. The molecule has 0 N–H and O–H groups in total. The van der Waals surface area contributed by atoms with Crippen LogP contribution in [0.4, 0.5) is 0 Å². The van der Waals surface area contributed by atoms with E-state index in [1.165, 1.54) is 36.8 Å². The van der Waals surface area contributed by atoms with Crippen molar-refractivity contribution in [3.8, 4) is 45.2 Å². The van der Waals surface area contributed by atoms with Crippen molar-refractivity contribution in [1.29, 1.82) is 0 Å². The van der Waals surface area contributed by atoms with E-state index in [0.717, 1.165) is 52.2 Å². The molecule has 3 aromatic carbocycles. The van der Waals surface area contributed by atoms with Crippen molar-refractivity contribution in [2.24, 2.45) is 0 Å². The SMILES string of the molecule is CCCCc1ccc(-c2cc(-c3ccc(CCCC)cc3)nc(-c3ccc(-c4[c-]cccc4)nc3)n2)cc1.[Ir]. The van der Waals surface area contributed by atoms with Crippen molar-refractivity contribution in [3.05, 3.63) is 114 Å². The van der Waals surface area contributed by atoms with Gasteiger partial charge in [0.2, 0.25) is 0 Å². The average Bonchev–Trinajstić information content (AvgIpc) is 3.00. The van der Waals surface area contributed by atoms with Crippen molar-refractivity contribution in [1.82, 2.24) is 15.0 Å². The van der Waals surface area contributed by atoms with E-state index in [-0.39, 0.29) is 20.1 Å². The summed E-state index contributed by atoms with van der Waals surface area (Å²) in [6, 6.07) is 34.9. The number of nitrogens with zero attached hydrogens (tertiary/aromatic N) is 3. The van der Waals surface area contributed by atoms with Crippen LogP contribution in [0.15, 0.2) is 97.2 Å². The summed E-state index contributed by atoms with van der Waals surface area (Å²) in [7, 11) is 0. The van der Waals surface area contributed by atoms with Gasteiger partial charge in [-0.25, -0.2) is 9.97 Å². The largest absolute Gasteiger partial charge is 0.304 e. The third-order valence-corrected chi connectivity index (χ3v) is 6.87. The second kappa shape index (κ2) is 14.1. The number of rotatable bonds is 10. The Kier molecular flexibility index (Phi) is 10.3. The zero-order valence-electron chi connectivity index (χ0n) is 22.7. The van der Waals surface area contributed by atoms with Gasteiger partial charge in [-0.15, -0.1) is 35.9 Å². The first-order chi connectivity index (χ1) is 18.7. The zero-order chi connectivity index (χ0) is 26.2. The Morgan fingerprint density at radius 2 is 1.18 bits per heavy atom. The van der Waals surface area contributed by atoms with Crippen LogP contribution in [0, 0.1) is 6.07 Å². The van der Waals surface area contributed by atoms with Crippen LogP contribution in [0.3, 0.4) is 0 Å². The van der Waals surface area contributed by atoms with E-state index in [1.807, 2.05) is 42.6 Å². The van der Waals surface area contributed by atoms with E-state index >= 15 is 0 Å². The number of aromatic nitrogens is 3. The molecule has 0 bridgehead atoms. The normalized spacial score (nSPS) is 10.7. The average molecular weight is 689 g/mol. The molecular formula is C35H34IrN3-. The Bertz CT molecular complexity index is 1380. The van der Waals surface area contributed by atoms with Crippen LogP contribution in [0.1, 0.15) is 50.7 Å². The summed E-state index contributed by atoms with van der Waals surface area (Å²) in [5.74, 6) is 0.679. The second-order valence-corrected chi connectivity index (χ2v) is 9.77. The maximum atomic E-state index is 4.99. The number of hydrogen-bond donors (Lipinski definition) is 0. The van der Waals surface area contributed by atoms with E-state index in [2.05, 4.69) is 74.5 Å². The molecule has 39 heavy (non-hydrogen) atoms. The fourth-order valence-corrected chi connectivity index (χ4v) is 4.56. The van der Waals surface area contributed by atoms with Gasteiger partial charge >= 0.3 is 0 Å². The Labute approximate surface area is 246 Å². The maximum Gasteiger partial charge on any atom is 0.161 e. The van der Waals surface area contributed by atoms with Gasteiger partial charge in [-0.3, -0.25) is 0 Å². The first-order valence-corrected chi connectivity index (χ1v) is 13.7. The topological polar surface area (TPSA) is 38.7 Å². The van der Waals surface area contributed by atoms with Gasteiger partial charge < -0.3 is 4.98 Å². The molecule has 0 saturated heterocycles. The van der Waals surface area contributed by atoms with Crippen LogP contribution in [0.5, 0.6) is 0 Å². The minimum absolute atomic E-state index is 0. The van der Waals surface area contributed by atoms with Gasteiger partial charge in [0, 0.05) is 43.0 Å². The Morgan fingerprint density at radius 3 is 1.64 bits per heavy atom. The van der Waals surface area contributed by atoms with Crippen molar-refractivity contribution in [3.63, 3.8) is 0 Å². The van der Waals surface area contributed by atoms with E-state index in [1.54, 1.807) is 0 Å². The molecule has 199 valence electrons. The molecule has 0 amide bonds. The molecule has 0 fully saturated rings. The quantitative estimate of drug-likeness (QED) is 0.138. The number of aryl methyl sites for hydroxylation is 2. The number of hydrogen-bond acceptors (Lipinski definition) is 3. The van der Waals surface area contributed by atoms with Gasteiger partial charge in [0.05, 0.1) is 11.4 Å². The minimum Gasteiger partial charge on any atom is -0.304 e. The fraction of sp³-hybridized carbons (Fsp3) is 0.229. The molecule has 0 unspecified atom stereocenters. The molecule has 0 aliphatic rings. The predicted molar refractivity (Wildman–Crippen MR) is 158 cm³/mol. The molecule has 2 aromatic heterocycles. The molecule has 3 nitrogen and oxygen atoms in total.